The molecule has 0 rings (SSSR count). The van der Waals surface area contributed by atoms with Crippen LogP contribution in [0.5, 0.6) is 0 Å². The third kappa shape index (κ3) is 9.53. The number of rotatable bonds is 3. The van der Waals surface area contributed by atoms with Gasteiger partial charge in [0.05, 0.1) is 0 Å². The van der Waals surface area contributed by atoms with Gasteiger partial charge in [0.25, 0.3) is 0 Å². The highest BCUT2D eigenvalue weighted by Gasteiger charge is 2.28. The molecule has 0 aliphatic carbocycles. The minimum absolute atomic E-state index is 0.983. The van der Waals surface area contributed by atoms with Crippen molar-refractivity contribution in [1.29, 1.82) is 0 Å². The predicted octanol–water partition coefficient (Wildman–Crippen LogP) is 0.844. The van der Waals surface area contributed by atoms with Gasteiger partial charge in [-0.3, -0.25) is 9.36 Å². The smallest absolute Gasteiger partial charge is 0.337 e. The highest BCUT2D eigenvalue weighted by atomic mass is 31.2. The quantitative estimate of drug-likeness (QED) is 0.602. The molecule has 0 saturated carbocycles. The molecule has 0 fully saturated rings. The molecule has 0 heterocycles. The average Bonchev–Trinajstić information content (AvgIpc) is 2.02. The first-order chi connectivity index (χ1) is 5.77. The monoisotopic (exact) mass is 211 g/mol. The molecule has 0 saturated heterocycles. The van der Waals surface area contributed by atoms with Crippen LogP contribution >= 0.6 is 7.60 Å². The van der Waals surface area contributed by atoms with Crippen LogP contribution in [0.1, 0.15) is 33.6 Å². The van der Waals surface area contributed by atoms with E-state index in [1.807, 2.05) is 0 Å². The number of amides is 1. The van der Waals surface area contributed by atoms with Gasteiger partial charge < -0.3 is 15.5 Å². The lowest BCUT2D eigenvalue weighted by atomic mass is 10.4. The number of hydrogen-bond donors (Lipinski definition) is 3. The molecule has 0 radical (unpaired) electrons. The summed E-state index contributed by atoms with van der Waals surface area (Å²) in [5.41, 5.74) is 3.21. The van der Waals surface area contributed by atoms with Gasteiger partial charge in [-0.2, -0.15) is 0 Å². The first-order valence-electron chi connectivity index (χ1n) is 4.11. The molecule has 13 heavy (non-hydrogen) atoms. The molecule has 6 heteroatoms. The standard InChI is InChI=1S/C4H10.C3H8NO4P/c1-3-4-2;1-2(3(4)5)9(6,7)8/h3-4H2,1-2H3;2H,1H3,(H2,4,5)(H2,6,7,8). The Balaban J connectivity index is 0. The maximum atomic E-state index is 10.2. The molecule has 80 valence electrons. The number of carbonyl (C=O) groups excluding carboxylic acids is 1. The van der Waals surface area contributed by atoms with E-state index in [1.165, 1.54) is 12.8 Å². The van der Waals surface area contributed by atoms with Crippen LogP contribution < -0.4 is 5.73 Å². The van der Waals surface area contributed by atoms with E-state index in [2.05, 4.69) is 19.6 Å². The summed E-state index contributed by atoms with van der Waals surface area (Å²) < 4.78 is 10.2. The van der Waals surface area contributed by atoms with Crippen molar-refractivity contribution in [1.82, 2.24) is 0 Å². The maximum absolute atomic E-state index is 10.2. The summed E-state index contributed by atoms with van der Waals surface area (Å²) in [5, 5.41) is 0. The minimum Gasteiger partial charge on any atom is -0.369 e. The Morgan fingerprint density at radius 2 is 1.69 bits per heavy atom. The Morgan fingerprint density at radius 1 is 1.38 bits per heavy atom. The van der Waals surface area contributed by atoms with E-state index in [0.717, 1.165) is 6.92 Å². The highest BCUT2D eigenvalue weighted by Crippen LogP contribution is 2.40. The molecule has 0 aromatic heterocycles. The van der Waals surface area contributed by atoms with Gasteiger partial charge in [0.15, 0.2) is 0 Å². The highest BCUT2D eigenvalue weighted by molar-refractivity contribution is 7.53. The van der Waals surface area contributed by atoms with Gasteiger partial charge in [0.2, 0.25) is 5.91 Å². The lowest BCUT2D eigenvalue weighted by molar-refractivity contribution is -0.117. The van der Waals surface area contributed by atoms with Gasteiger partial charge in [-0.15, -0.1) is 0 Å². The van der Waals surface area contributed by atoms with Crippen molar-refractivity contribution in [3.63, 3.8) is 0 Å². The first kappa shape index (κ1) is 15.1. The number of nitrogens with two attached hydrogens (primary N) is 1. The fourth-order valence-electron chi connectivity index (χ4n) is 0.166. The Hall–Kier alpha value is -0.380. The summed E-state index contributed by atoms with van der Waals surface area (Å²) in [6, 6.07) is 0. The zero-order chi connectivity index (χ0) is 11.1. The Morgan fingerprint density at radius 3 is 1.69 bits per heavy atom. The van der Waals surface area contributed by atoms with Gasteiger partial charge in [0, 0.05) is 0 Å². The van der Waals surface area contributed by atoms with Crippen molar-refractivity contribution < 1.29 is 19.1 Å². The van der Waals surface area contributed by atoms with Gasteiger partial charge in [-0.25, -0.2) is 0 Å². The average molecular weight is 211 g/mol. The third-order valence-corrected chi connectivity index (χ3v) is 2.68. The van der Waals surface area contributed by atoms with Crippen molar-refractivity contribution in [3.05, 3.63) is 0 Å². The normalized spacial score (nSPS) is 12.7. The van der Waals surface area contributed by atoms with Crippen molar-refractivity contribution in [3.8, 4) is 0 Å². The summed E-state index contributed by atoms with van der Waals surface area (Å²) in [6.45, 7) is 5.45. The molecule has 0 spiro atoms. The molecule has 1 atom stereocenters. The van der Waals surface area contributed by atoms with Crippen molar-refractivity contribution in [2.75, 3.05) is 0 Å². The molecule has 1 unspecified atom stereocenters. The van der Waals surface area contributed by atoms with Crippen LogP contribution in [-0.2, 0) is 9.36 Å². The summed E-state index contributed by atoms with van der Waals surface area (Å²) >= 11 is 0. The van der Waals surface area contributed by atoms with E-state index >= 15 is 0 Å². The molecule has 4 N–H and O–H groups in total. The summed E-state index contributed by atoms with van der Waals surface area (Å²) in [6.07, 6.45) is 2.64. The SMILES string of the molecule is CC(C(N)=O)P(=O)(O)O.CCCC. The molecule has 1 amide bonds. The van der Waals surface area contributed by atoms with E-state index in [9.17, 15) is 9.36 Å². The molecule has 0 aromatic rings. The number of hydrogen-bond acceptors (Lipinski definition) is 2. The second-order valence-electron chi connectivity index (χ2n) is 2.67. The number of carbonyl (C=O) groups is 1. The zero-order valence-corrected chi connectivity index (χ0v) is 9.12. The zero-order valence-electron chi connectivity index (χ0n) is 8.23. The fourth-order valence-corrected chi connectivity index (χ4v) is 0.497. The Bertz CT molecular complexity index is 187. The van der Waals surface area contributed by atoms with Gasteiger partial charge in [0.1, 0.15) is 5.66 Å². The van der Waals surface area contributed by atoms with E-state index in [4.69, 9.17) is 9.79 Å². The molecular formula is C7H18NO4P. The lowest BCUT2D eigenvalue weighted by Crippen LogP contribution is -2.25. The van der Waals surface area contributed by atoms with E-state index in [0.29, 0.717) is 0 Å². The van der Waals surface area contributed by atoms with E-state index in [-0.39, 0.29) is 0 Å². The molecule has 0 bridgehead atoms. The molecular weight excluding hydrogens is 193 g/mol. The van der Waals surface area contributed by atoms with Crippen LogP contribution in [0.4, 0.5) is 0 Å². The molecule has 5 nitrogen and oxygen atoms in total. The van der Waals surface area contributed by atoms with Crippen molar-refractivity contribution in [2.45, 2.75) is 39.3 Å². The second-order valence-corrected chi connectivity index (χ2v) is 4.62. The maximum Gasteiger partial charge on any atom is 0.337 e. The summed E-state index contributed by atoms with van der Waals surface area (Å²) in [5.74, 6) is -0.983. The van der Waals surface area contributed by atoms with Crippen LogP contribution in [-0.4, -0.2) is 21.4 Å². The van der Waals surface area contributed by atoms with Crippen LogP contribution in [0.3, 0.4) is 0 Å². The van der Waals surface area contributed by atoms with E-state index in [1.54, 1.807) is 0 Å². The van der Waals surface area contributed by atoms with Crippen LogP contribution in [0, 0.1) is 0 Å². The number of unbranched alkanes of at least 4 members (excludes halogenated alkanes) is 1. The molecule has 0 aliphatic heterocycles. The van der Waals surface area contributed by atoms with Crippen molar-refractivity contribution in [2.24, 2.45) is 5.73 Å². The molecule has 0 aliphatic rings. The topological polar surface area (TPSA) is 101 Å². The van der Waals surface area contributed by atoms with Gasteiger partial charge in [-0.1, -0.05) is 26.7 Å². The van der Waals surface area contributed by atoms with Crippen LogP contribution in [0.15, 0.2) is 0 Å². The molecule has 0 aromatic carbocycles. The summed E-state index contributed by atoms with van der Waals surface area (Å²) in [7, 11) is -4.29. The van der Waals surface area contributed by atoms with Gasteiger partial charge >= 0.3 is 7.60 Å². The van der Waals surface area contributed by atoms with Crippen LogP contribution in [0.25, 0.3) is 0 Å². The Kier molecular flexibility index (Phi) is 8.21. The largest absolute Gasteiger partial charge is 0.369 e. The minimum atomic E-state index is -4.29. The Labute approximate surface area is 78.5 Å². The first-order valence-corrected chi connectivity index (χ1v) is 5.80. The fraction of sp³-hybridized carbons (Fsp3) is 0.857. The second kappa shape index (κ2) is 7.06. The predicted molar refractivity (Wildman–Crippen MR) is 51.3 cm³/mol. The lowest BCUT2D eigenvalue weighted by Gasteiger charge is -2.07. The van der Waals surface area contributed by atoms with Crippen molar-refractivity contribution >= 4 is 13.5 Å². The summed E-state index contributed by atoms with van der Waals surface area (Å²) in [4.78, 5) is 26.6. The van der Waals surface area contributed by atoms with E-state index < -0.39 is 19.2 Å². The number of primary amides is 1. The van der Waals surface area contributed by atoms with Gasteiger partial charge in [-0.05, 0) is 6.92 Å². The third-order valence-electron chi connectivity index (χ3n) is 1.42. The van der Waals surface area contributed by atoms with Crippen LogP contribution in [0.2, 0.25) is 0 Å².